The van der Waals surface area contributed by atoms with Crippen molar-refractivity contribution >= 4 is 23.8 Å². The molecule has 1 aliphatic heterocycles. The van der Waals surface area contributed by atoms with E-state index in [-0.39, 0.29) is 47.9 Å². The van der Waals surface area contributed by atoms with E-state index in [1.165, 1.54) is 18.1 Å². The molecule has 1 aliphatic carbocycles. The minimum absolute atomic E-state index is 0.0280. The van der Waals surface area contributed by atoms with E-state index >= 15 is 0 Å². The molecule has 0 aromatic heterocycles. The number of carbonyl (C=O) groups excluding carboxylic acids is 4. The Labute approximate surface area is 151 Å². The van der Waals surface area contributed by atoms with Crippen molar-refractivity contribution in [1.29, 1.82) is 0 Å². The lowest BCUT2D eigenvalue weighted by Gasteiger charge is -2.19. The molecular formula is C19H21NO6. The Bertz CT molecular complexity index is 719. The first-order valence-corrected chi connectivity index (χ1v) is 8.75. The van der Waals surface area contributed by atoms with Crippen LogP contribution in [0.15, 0.2) is 24.3 Å². The normalized spacial score (nSPS) is 22.1. The van der Waals surface area contributed by atoms with Crippen LogP contribution in [0.25, 0.3) is 0 Å². The number of benzene rings is 1. The summed E-state index contributed by atoms with van der Waals surface area (Å²) in [4.78, 5) is 49.5. The smallest absolute Gasteiger partial charge is 0.337 e. The molecule has 138 valence electrons. The van der Waals surface area contributed by atoms with Gasteiger partial charge in [-0.1, -0.05) is 18.9 Å². The van der Waals surface area contributed by atoms with E-state index in [2.05, 4.69) is 4.74 Å². The van der Waals surface area contributed by atoms with Gasteiger partial charge in [0.05, 0.1) is 30.9 Å². The Morgan fingerprint density at radius 3 is 2.38 bits per heavy atom. The molecule has 0 radical (unpaired) electrons. The standard InChI is InChI=1S/C19H21NO6/c1-25-19(24)12-5-4-6-13(11-12)26-16(21)9-10-20-17(22)14-7-2-3-8-15(14)18(20)23/h4-6,11,14-15H,2-3,7-10H2,1H3/t14-,15+. The van der Waals surface area contributed by atoms with Gasteiger partial charge >= 0.3 is 11.9 Å². The Hall–Kier alpha value is -2.70. The summed E-state index contributed by atoms with van der Waals surface area (Å²) in [5, 5.41) is 0. The second-order valence-electron chi connectivity index (χ2n) is 6.57. The number of amides is 2. The first-order valence-electron chi connectivity index (χ1n) is 8.75. The van der Waals surface area contributed by atoms with Crippen LogP contribution in [-0.2, 0) is 19.1 Å². The summed E-state index contributed by atoms with van der Waals surface area (Å²) >= 11 is 0. The van der Waals surface area contributed by atoms with Crippen LogP contribution in [0.1, 0.15) is 42.5 Å². The summed E-state index contributed by atoms with van der Waals surface area (Å²) in [5.41, 5.74) is 0.270. The number of likely N-dealkylation sites (tertiary alicyclic amines) is 1. The average Bonchev–Trinajstić information content (AvgIpc) is 2.90. The van der Waals surface area contributed by atoms with Crippen molar-refractivity contribution in [1.82, 2.24) is 4.90 Å². The SMILES string of the molecule is COC(=O)c1cccc(OC(=O)CCN2C(=O)[C@H]3CCCC[C@H]3C2=O)c1. The van der Waals surface area contributed by atoms with Gasteiger partial charge in [-0.05, 0) is 31.0 Å². The summed E-state index contributed by atoms with van der Waals surface area (Å²) < 4.78 is 9.82. The van der Waals surface area contributed by atoms with E-state index < -0.39 is 11.9 Å². The van der Waals surface area contributed by atoms with Crippen LogP contribution in [0.5, 0.6) is 5.75 Å². The van der Waals surface area contributed by atoms with Gasteiger partial charge in [0, 0.05) is 6.54 Å². The number of rotatable bonds is 5. The van der Waals surface area contributed by atoms with Crippen molar-refractivity contribution in [2.24, 2.45) is 11.8 Å². The molecule has 2 atom stereocenters. The third kappa shape index (κ3) is 3.61. The number of nitrogens with zero attached hydrogens (tertiary/aromatic N) is 1. The molecule has 1 aromatic carbocycles. The van der Waals surface area contributed by atoms with Crippen LogP contribution < -0.4 is 4.74 Å². The molecule has 1 aromatic rings. The molecule has 3 rings (SSSR count). The van der Waals surface area contributed by atoms with Gasteiger partial charge in [-0.15, -0.1) is 0 Å². The van der Waals surface area contributed by atoms with Crippen LogP contribution in [0, 0.1) is 11.8 Å². The average molecular weight is 359 g/mol. The Balaban J connectivity index is 1.57. The molecule has 1 saturated carbocycles. The first kappa shape index (κ1) is 18.1. The second kappa shape index (κ2) is 7.68. The van der Waals surface area contributed by atoms with E-state index in [1.54, 1.807) is 18.2 Å². The molecule has 7 nitrogen and oxygen atoms in total. The van der Waals surface area contributed by atoms with Gasteiger partial charge in [0.2, 0.25) is 11.8 Å². The maximum atomic E-state index is 12.4. The van der Waals surface area contributed by atoms with Crippen molar-refractivity contribution < 1.29 is 28.7 Å². The summed E-state index contributed by atoms with van der Waals surface area (Å²) in [5.74, 6) is -1.65. The number of fused-ring (bicyclic) bond motifs is 1. The molecule has 2 amide bonds. The van der Waals surface area contributed by atoms with Crippen molar-refractivity contribution in [3.8, 4) is 5.75 Å². The van der Waals surface area contributed by atoms with Gasteiger partial charge in [-0.2, -0.15) is 0 Å². The fourth-order valence-electron chi connectivity index (χ4n) is 3.64. The van der Waals surface area contributed by atoms with Crippen LogP contribution in [0.2, 0.25) is 0 Å². The molecule has 2 aliphatic rings. The number of esters is 2. The quantitative estimate of drug-likeness (QED) is 0.453. The zero-order valence-corrected chi connectivity index (χ0v) is 14.6. The van der Waals surface area contributed by atoms with Crippen molar-refractivity contribution in [3.63, 3.8) is 0 Å². The van der Waals surface area contributed by atoms with E-state index in [1.807, 2.05) is 0 Å². The van der Waals surface area contributed by atoms with Crippen molar-refractivity contribution in [3.05, 3.63) is 29.8 Å². The van der Waals surface area contributed by atoms with E-state index in [9.17, 15) is 19.2 Å². The lowest BCUT2D eigenvalue weighted by atomic mass is 9.81. The largest absolute Gasteiger partial charge is 0.465 e. The predicted molar refractivity (Wildman–Crippen MR) is 90.2 cm³/mol. The van der Waals surface area contributed by atoms with Gasteiger partial charge in [0.15, 0.2) is 0 Å². The fourth-order valence-corrected chi connectivity index (χ4v) is 3.64. The van der Waals surface area contributed by atoms with Crippen molar-refractivity contribution in [2.75, 3.05) is 13.7 Å². The molecule has 26 heavy (non-hydrogen) atoms. The molecule has 1 saturated heterocycles. The highest BCUT2D eigenvalue weighted by Gasteiger charge is 2.47. The third-order valence-electron chi connectivity index (χ3n) is 4.96. The van der Waals surface area contributed by atoms with Gasteiger partial charge in [0.1, 0.15) is 5.75 Å². The molecule has 0 unspecified atom stereocenters. The Morgan fingerprint density at radius 1 is 1.12 bits per heavy atom. The Kier molecular flexibility index (Phi) is 5.35. The predicted octanol–water partition coefficient (Wildman–Crippen LogP) is 1.94. The minimum Gasteiger partial charge on any atom is -0.465 e. The number of imide groups is 1. The summed E-state index contributed by atoms with van der Waals surface area (Å²) in [6.45, 7) is 0.0280. The topological polar surface area (TPSA) is 90.0 Å². The summed E-state index contributed by atoms with van der Waals surface area (Å²) in [7, 11) is 1.27. The van der Waals surface area contributed by atoms with E-state index in [0.717, 1.165) is 25.7 Å². The molecule has 0 bridgehead atoms. The lowest BCUT2D eigenvalue weighted by Crippen LogP contribution is -2.33. The van der Waals surface area contributed by atoms with Crippen molar-refractivity contribution in [2.45, 2.75) is 32.1 Å². The maximum absolute atomic E-state index is 12.4. The summed E-state index contributed by atoms with van der Waals surface area (Å²) in [6, 6.07) is 6.08. The minimum atomic E-state index is -0.567. The van der Waals surface area contributed by atoms with Gasteiger partial charge in [-0.3, -0.25) is 19.3 Å². The highest BCUT2D eigenvalue weighted by Crippen LogP contribution is 2.37. The van der Waals surface area contributed by atoms with Gasteiger partial charge in [0.25, 0.3) is 0 Å². The fraction of sp³-hybridized carbons (Fsp3) is 0.474. The Morgan fingerprint density at radius 2 is 1.77 bits per heavy atom. The highest BCUT2D eigenvalue weighted by atomic mass is 16.5. The van der Waals surface area contributed by atoms with Crippen LogP contribution in [0.3, 0.4) is 0 Å². The van der Waals surface area contributed by atoms with Crippen LogP contribution in [-0.4, -0.2) is 42.3 Å². The lowest BCUT2D eigenvalue weighted by molar-refractivity contribution is -0.141. The zero-order chi connectivity index (χ0) is 18.7. The molecule has 7 heteroatoms. The molecular weight excluding hydrogens is 338 g/mol. The first-order chi connectivity index (χ1) is 12.5. The summed E-state index contributed by atoms with van der Waals surface area (Å²) in [6.07, 6.45) is 3.34. The number of methoxy groups -OCH3 is 1. The third-order valence-corrected chi connectivity index (χ3v) is 4.96. The monoisotopic (exact) mass is 359 g/mol. The van der Waals surface area contributed by atoms with Crippen LogP contribution in [0.4, 0.5) is 0 Å². The van der Waals surface area contributed by atoms with E-state index in [4.69, 9.17) is 4.74 Å². The van der Waals surface area contributed by atoms with Crippen LogP contribution >= 0.6 is 0 Å². The molecule has 0 N–H and O–H groups in total. The number of hydrogen-bond acceptors (Lipinski definition) is 6. The highest BCUT2D eigenvalue weighted by molar-refractivity contribution is 6.05. The zero-order valence-electron chi connectivity index (χ0n) is 14.6. The molecule has 2 fully saturated rings. The molecule has 0 spiro atoms. The molecule has 1 heterocycles. The van der Waals surface area contributed by atoms with E-state index in [0.29, 0.717) is 0 Å². The maximum Gasteiger partial charge on any atom is 0.337 e. The number of ether oxygens (including phenoxy) is 2. The van der Waals surface area contributed by atoms with Gasteiger partial charge < -0.3 is 9.47 Å². The number of hydrogen-bond donors (Lipinski definition) is 0. The van der Waals surface area contributed by atoms with Gasteiger partial charge in [-0.25, -0.2) is 4.79 Å². The second-order valence-corrected chi connectivity index (χ2v) is 6.57. The number of carbonyl (C=O) groups is 4.